The lowest BCUT2D eigenvalue weighted by Gasteiger charge is -2.28. The minimum atomic E-state index is 0.626. The molecule has 1 aliphatic rings. The average molecular weight is 317 g/mol. The van der Waals surface area contributed by atoms with E-state index in [1.807, 2.05) is 18.2 Å². The standard InChI is InChI=1S/C19H25ClN2/c1-2-14-7-9-15(10-8-14)12-21-13-17-11-16-5-3-4-6-18(16)22-19(17)20/h3-6,11,14-15,21H,2,7-10,12-13H2,1H3. The van der Waals surface area contributed by atoms with Crippen molar-refractivity contribution in [2.45, 2.75) is 45.6 Å². The highest BCUT2D eigenvalue weighted by Gasteiger charge is 2.19. The summed E-state index contributed by atoms with van der Waals surface area (Å²) in [5.74, 6) is 1.80. The first-order valence-corrected chi connectivity index (χ1v) is 8.89. The normalized spacial score (nSPS) is 22.1. The molecule has 1 heterocycles. The van der Waals surface area contributed by atoms with Gasteiger partial charge in [0.05, 0.1) is 5.52 Å². The van der Waals surface area contributed by atoms with Crippen LogP contribution in [0.3, 0.4) is 0 Å². The SMILES string of the molecule is CCC1CCC(CNCc2cc3ccccc3nc2Cl)CC1. The summed E-state index contributed by atoms with van der Waals surface area (Å²) in [7, 11) is 0. The van der Waals surface area contributed by atoms with Crippen LogP contribution < -0.4 is 5.32 Å². The van der Waals surface area contributed by atoms with Crippen LogP contribution in [0.2, 0.25) is 5.15 Å². The summed E-state index contributed by atoms with van der Waals surface area (Å²) in [6.07, 6.45) is 6.89. The zero-order valence-corrected chi connectivity index (χ0v) is 14.1. The van der Waals surface area contributed by atoms with E-state index >= 15 is 0 Å². The van der Waals surface area contributed by atoms with Crippen LogP contribution in [-0.4, -0.2) is 11.5 Å². The highest BCUT2D eigenvalue weighted by molar-refractivity contribution is 6.30. The molecule has 1 aromatic heterocycles. The fourth-order valence-electron chi connectivity index (χ4n) is 3.52. The fraction of sp³-hybridized carbons (Fsp3) is 0.526. The zero-order chi connectivity index (χ0) is 15.4. The zero-order valence-electron chi connectivity index (χ0n) is 13.3. The Balaban J connectivity index is 1.54. The van der Waals surface area contributed by atoms with Crippen LogP contribution in [-0.2, 0) is 6.54 Å². The molecule has 0 unspecified atom stereocenters. The summed E-state index contributed by atoms with van der Waals surface area (Å²) < 4.78 is 0. The maximum Gasteiger partial charge on any atom is 0.134 e. The molecule has 1 aliphatic carbocycles. The Morgan fingerprint density at radius 2 is 1.86 bits per heavy atom. The first kappa shape index (κ1) is 15.8. The van der Waals surface area contributed by atoms with Gasteiger partial charge in [0.2, 0.25) is 0 Å². The molecule has 3 rings (SSSR count). The fourth-order valence-corrected chi connectivity index (χ4v) is 3.73. The monoisotopic (exact) mass is 316 g/mol. The van der Waals surface area contributed by atoms with Crippen molar-refractivity contribution in [3.05, 3.63) is 41.0 Å². The maximum atomic E-state index is 6.31. The first-order valence-electron chi connectivity index (χ1n) is 8.51. The highest BCUT2D eigenvalue weighted by atomic mass is 35.5. The van der Waals surface area contributed by atoms with Crippen LogP contribution in [0.4, 0.5) is 0 Å². The Bertz CT molecular complexity index is 618. The Labute approximate surface area is 138 Å². The number of fused-ring (bicyclic) bond motifs is 1. The van der Waals surface area contributed by atoms with Gasteiger partial charge in [-0.15, -0.1) is 0 Å². The summed E-state index contributed by atoms with van der Waals surface area (Å²) in [6, 6.07) is 10.3. The molecule has 2 aromatic rings. The number of nitrogens with zero attached hydrogens (tertiary/aromatic N) is 1. The lowest BCUT2D eigenvalue weighted by molar-refractivity contribution is 0.262. The van der Waals surface area contributed by atoms with Gasteiger partial charge >= 0.3 is 0 Å². The summed E-state index contributed by atoms with van der Waals surface area (Å²) in [6.45, 7) is 4.22. The Hall–Kier alpha value is -1.12. The van der Waals surface area contributed by atoms with Crippen molar-refractivity contribution in [3.8, 4) is 0 Å². The third-order valence-electron chi connectivity index (χ3n) is 5.04. The maximum absolute atomic E-state index is 6.31. The van der Waals surface area contributed by atoms with Gasteiger partial charge in [0.15, 0.2) is 0 Å². The van der Waals surface area contributed by atoms with Gasteiger partial charge in [-0.1, -0.05) is 56.0 Å². The molecule has 1 saturated carbocycles. The quantitative estimate of drug-likeness (QED) is 0.767. The van der Waals surface area contributed by atoms with Gasteiger partial charge in [-0.05, 0) is 43.4 Å². The number of pyridine rings is 1. The molecular weight excluding hydrogens is 292 g/mol. The van der Waals surface area contributed by atoms with Crippen LogP contribution >= 0.6 is 11.6 Å². The number of hydrogen-bond donors (Lipinski definition) is 1. The van der Waals surface area contributed by atoms with Crippen LogP contribution in [0.15, 0.2) is 30.3 Å². The second-order valence-electron chi connectivity index (χ2n) is 6.56. The number of halogens is 1. The van der Waals surface area contributed by atoms with Gasteiger partial charge in [-0.25, -0.2) is 4.98 Å². The summed E-state index contributed by atoms with van der Waals surface area (Å²) in [5, 5.41) is 5.37. The molecule has 0 aliphatic heterocycles. The summed E-state index contributed by atoms with van der Waals surface area (Å²) >= 11 is 6.31. The third-order valence-corrected chi connectivity index (χ3v) is 5.37. The van der Waals surface area contributed by atoms with Crippen LogP contribution in [0, 0.1) is 11.8 Å². The molecule has 118 valence electrons. The van der Waals surface area contributed by atoms with Crippen molar-refractivity contribution in [2.24, 2.45) is 11.8 Å². The van der Waals surface area contributed by atoms with Gasteiger partial charge < -0.3 is 5.32 Å². The van der Waals surface area contributed by atoms with Crippen molar-refractivity contribution in [2.75, 3.05) is 6.54 Å². The lowest BCUT2D eigenvalue weighted by Crippen LogP contribution is -2.26. The van der Waals surface area contributed by atoms with Crippen molar-refractivity contribution < 1.29 is 0 Å². The highest BCUT2D eigenvalue weighted by Crippen LogP contribution is 2.30. The molecule has 0 bridgehead atoms. The molecule has 1 fully saturated rings. The van der Waals surface area contributed by atoms with Crippen LogP contribution in [0.25, 0.3) is 10.9 Å². The number of nitrogens with one attached hydrogen (secondary N) is 1. The van der Waals surface area contributed by atoms with Crippen LogP contribution in [0.5, 0.6) is 0 Å². The molecule has 2 nitrogen and oxygen atoms in total. The number of hydrogen-bond acceptors (Lipinski definition) is 2. The van der Waals surface area contributed by atoms with E-state index in [4.69, 9.17) is 11.6 Å². The lowest BCUT2D eigenvalue weighted by atomic mass is 9.81. The molecule has 22 heavy (non-hydrogen) atoms. The van der Waals surface area contributed by atoms with E-state index in [-0.39, 0.29) is 0 Å². The van der Waals surface area contributed by atoms with Gasteiger partial charge in [0.25, 0.3) is 0 Å². The molecule has 0 radical (unpaired) electrons. The van der Waals surface area contributed by atoms with Crippen molar-refractivity contribution in [1.29, 1.82) is 0 Å². The Morgan fingerprint density at radius 1 is 1.14 bits per heavy atom. The molecule has 0 amide bonds. The van der Waals surface area contributed by atoms with E-state index in [0.29, 0.717) is 5.15 Å². The predicted octanol–water partition coefficient (Wildman–Crippen LogP) is 5.19. The minimum Gasteiger partial charge on any atom is -0.312 e. The van der Waals surface area contributed by atoms with E-state index in [1.54, 1.807) is 0 Å². The Kier molecular flexibility index (Phi) is 5.32. The first-order chi connectivity index (χ1) is 10.8. The smallest absolute Gasteiger partial charge is 0.134 e. The topological polar surface area (TPSA) is 24.9 Å². The van der Waals surface area contributed by atoms with E-state index in [9.17, 15) is 0 Å². The average Bonchev–Trinajstić information content (AvgIpc) is 2.56. The van der Waals surface area contributed by atoms with E-state index in [0.717, 1.165) is 41.4 Å². The van der Waals surface area contributed by atoms with Crippen molar-refractivity contribution >= 4 is 22.5 Å². The molecule has 1 aromatic carbocycles. The molecule has 0 spiro atoms. The number of benzene rings is 1. The van der Waals surface area contributed by atoms with Gasteiger partial charge in [0, 0.05) is 17.5 Å². The number of para-hydroxylation sites is 1. The Morgan fingerprint density at radius 3 is 2.64 bits per heavy atom. The van der Waals surface area contributed by atoms with Gasteiger partial charge in [-0.2, -0.15) is 0 Å². The molecule has 3 heteroatoms. The minimum absolute atomic E-state index is 0.626. The van der Waals surface area contributed by atoms with Crippen molar-refractivity contribution in [1.82, 2.24) is 10.3 Å². The molecule has 1 N–H and O–H groups in total. The van der Waals surface area contributed by atoms with E-state index < -0.39 is 0 Å². The number of aromatic nitrogens is 1. The largest absolute Gasteiger partial charge is 0.312 e. The van der Waals surface area contributed by atoms with Crippen LogP contribution in [0.1, 0.15) is 44.6 Å². The predicted molar refractivity (Wildman–Crippen MR) is 94.2 cm³/mol. The van der Waals surface area contributed by atoms with E-state index in [2.05, 4.69) is 29.4 Å². The van der Waals surface area contributed by atoms with E-state index in [1.165, 1.54) is 32.1 Å². The number of rotatable bonds is 5. The third kappa shape index (κ3) is 3.80. The van der Waals surface area contributed by atoms with Gasteiger partial charge in [0.1, 0.15) is 5.15 Å². The van der Waals surface area contributed by atoms with Crippen molar-refractivity contribution in [3.63, 3.8) is 0 Å². The molecular formula is C19H25ClN2. The molecule has 0 saturated heterocycles. The van der Waals surface area contributed by atoms with Gasteiger partial charge in [-0.3, -0.25) is 0 Å². The summed E-state index contributed by atoms with van der Waals surface area (Å²) in [5.41, 5.74) is 2.07. The summed E-state index contributed by atoms with van der Waals surface area (Å²) in [4.78, 5) is 4.49. The second kappa shape index (κ2) is 7.43. The second-order valence-corrected chi connectivity index (χ2v) is 6.91. The molecule has 0 atom stereocenters.